The van der Waals surface area contributed by atoms with E-state index in [1.807, 2.05) is 24.3 Å². The molecule has 25 heavy (non-hydrogen) atoms. The number of anilines is 2. The van der Waals surface area contributed by atoms with Crippen molar-refractivity contribution < 1.29 is 19.8 Å². The van der Waals surface area contributed by atoms with Gasteiger partial charge in [0, 0.05) is 36.4 Å². The minimum Gasteiger partial charge on any atom is -0.465 e. The number of aliphatic hydroxyl groups excluding tert-OH is 1. The Morgan fingerprint density at radius 3 is 2.44 bits per heavy atom. The maximum absolute atomic E-state index is 11.7. The van der Waals surface area contributed by atoms with E-state index in [0.717, 1.165) is 24.3 Å². The highest BCUT2D eigenvalue weighted by atomic mass is 16.4. The number of β-amino-alcohol motifs (C(OH)–C–C–N with tert-alkyl or cyclic N) is 1. The molecule has 138 valence electrons. The number of nitrogens with zero attached hydrogens (tertiary/aromatic N) is 2. The number of carbonyl (C=O) groups excluding carboxylic acids is 1. The molecule has 7 nitrogen and oxygen atoms in total. The Hall–Kier alpha value is -2.28. The summed E-state index contributed by atoms with van der Waals surface area (Å²) in [6.45, 7) is 6.40. The van der Waals surface area contributed by atoms with Gasteiger partial charge in [0.15, 0.2) is 0 Å². The number of rotatable bonds is 6. The van der Waals surface area contributed by atoms with Crippen LogP contribution in [0.15, 0.2) is 24.3 Å². The van der Waals surface area contributed by atoms with Gasteiger partial charge in [0.2, 0.25) is 5.91 Å². The first-order valence-corrected chi connectivity index (χ1v) is 8.51. The zero-order valence-corrected chi connectivity index (χ0v) is 15.0. The summed E-state index contributed by atoms with van der Waals surface area (Å²) in [5, 5.41) is 22.5. The van der Waals surface area contributed by atoms with Gasteiger partial charge >= 0.3 is 6.09 Å². The molecule has 0 radical (unpaired) electrons. The fraction of sp³-hybridized carbons (Fsp3) is 0.556. The topological polar surface area (TPSA) is 93.1 Å². The van der Waals surface area contributed by atoms with E-state index in [4.69, 9.17) is 0 Å². The van der Waals surface area contributed by atoms with Gasteiger partial charge in [0.25, 0.3) is 0 Å². The lowest BCUT2D eigenvalue weighted by atomic mass is 10.1. The molecule has 0 spiro atoms. The summed E-state index contributed by atoms with van der Waals surface area (Å²) < 4.78 is 0. The maximum Gasteiger partial charge on any atom is 0.407 e. The summed E-state index contributed by atoms with van der Waals surface area (Å²) in [4.78, 5) is 26.0. The number of hydrogen-bond acceptors (Lipinski definition) is 4. The van der Waals surface area contributed by atoms with Gasteiger partial charge in [-0.3, -0.25) is 4.79 Å². The molecule has 1 heterocycles. The van der Waals surface area contributed by atoms with E-state index in [1.54, 1.807) is 25.7 Å². The second-order valence-electron chi connectivity index (χ2n) is 7.29. The molecular weight excluding hydrogens is 322 g/mol. The molecule has 1 aromatic carbocycles. The van der Waals surface area contributed by atoms with Crippen molar-refractivity contribution in [1.29, 1.82) is 0 Å². The van der Waals surface area contributed by atoms with Crippen LogP contribution in [-0.4, -0.2) is 58.4 Å². The lowest BCUT2D eigenvalue weighted by molar-refractivity contribution is -0.117. The summed E-state index contributed by atoms with van der Waals surface area (Å²) in [7, 11) is 0. The molecule has 0 bridgehead atoms. The largest absolute Gasteiger partial charge is 0.465 e. The van der Waals surface area contributed by atoms with Crippen LogP contribution in [0.3, 0.4) is 0 Å². The maximum atomic E-state index is 11.7. The summed E-state index contributed by atoms with van der Waals surface area (Å²) in [6, 6.07) is 7.45. The van der Waals surface area contributed by atoms with Crippen molar-refractivity contribution >= 4 is 23.4 Å². The van der Waals surface area contributed by atoms with Crippen molar-refractivity contribution in [2.75, 3.05) is 29.9 Å². The van der Waals surface area contributed by atoms with Crippen LogP contribution in [0, 0.1) is 0 Å². The summed E-state index contributed by atoms with van der Waals surface area (Å²) in [5.41, 5.74) is 1.11. The van der Waals surface area contributed by atoms with Gasteiger partial charge in [0.05, 0.1) is 12.6 Å². The van der Waals surface area contributed by atoms with Crippen molar-refractivity contribution in [3.63, 3.8) is 0 Å². The molecule has 2 amide bonds. The summed E-state index contributed by atoms with van der Waals surface area (Å²) in [6.07, 6.45) is -0.389. The molecule has 7 heteroatoms. The molecule has 1 aromatic rings. The molecule has 3 N–H and O–H groups in total. The smallest absolute Gasteiger partial charge is 0.407 e. The fourth-order valence-corrected chi connectivity index (χ4v) is 2.83. The van der Waals surface area contributed by atoms with Gasteiger partial charge in [-0.2, -0.15) is 0 Å². The monoisotopic (exact) mass is 349 g/mol. The number of hydrogen-bond donors (Lipinski definition) is 3. The highest BCUT2D eigenvalue weighted by Crippen LogP contribution is 2.23. The van der Waals surface area contributed by atoms with Crippen LogP contribution in [0.4, 0.5) is 16.2 Å². The normalized spacial score (nSPS) is 16.0. The molecule has 2 rings (SSSR count). The standard InChI is InChI=1S/C18H27N3O4/c1-18(2,3)21(17(24)25)12-15(22)11-19-13-6-8-14(9-7-13)20-10-4-5-16(20)23/h6-9,15,19,22H,4-5,10-12H2,1-3H3,(H,24,25). The molecule has 1 unspecified atom stereocenters. The minimum absolute atomic E-state index is 0.0339. The average molecular weight is 349 g/mol. The van der Waals surface area contributed by atoms with E-state index >= 15 is 0 Å². The Morgan fingerprint density at radius 1 is 1.32 bits per heavy atom. The van der Waals surface area contributed by atoms with Gasteiger partial charge in [0.1, 0.15) is 0 Å². The van der Waals surface area contributed by atoms with E-state index < -0.39 is 17.7 Å². The zero-order chi connectivity index (χ0) is 18.6. The molecule has 1 atom stereocenters. The summed E-state index contributed by atoms with van der Waals surface area (Å²) >= 11 is 0. The molecule has 1 aliphatic heterocycles. The second kappa shape index (κ2) is 7.74. The van der Waals surface area contributed by atoms with E-state index in [9.17, 15) is 19.8 Å². The molecule has 0 aromatic heterocycles. The van der Waals surface area contributed by atoms with Crippen molar-refractivity contribution in [2.45, 2.75) is 45.3 Å². The Kier molecular flexibility index (Phi) is 5.89. The van der Waals surface area contributed by atoms with Gasteiger partial charge < -0.3 is 25.3 Å². The fourth-order valence-electron chi connectivity index (χ4n) is 2.83. The molecule has 1 aliphatic rings. The van der Waals surface area contributed by atoms with Crippen LogP contribution in [0.2, 0.25) is 0 Å². The van der Waals surface area contributed by atoms with Crippen LogP contribution >= 0.6 is 0 Å². The molecule has 1 saturated heterocycles. The predicted molar refractivity (Wildman–Crippen MR) is 97.0 cm³/mol. The first-order chi connectivity index (χ1) is 11.7. The van der Waals surface area contributed by atoms with Crippen molar-refractivity contribution in [1.82, 2.24) is 4.90 Å². The number of carbonyl (C=O) groups is 2. The van der Waals surface area contributed by atoms with Crippen LogP contribution in [0.25, 0.3) is 0 Å². The third-order valence-electron chi connectivity index (χ3n) is 4.23. The second-order valence-corrected chi connectivity index (χ2v) is 7.29. The number of amides is 2. The first kappa shape index (κ1) is 19.1. The molecule has 1 fully saturated rings. The van der Waals surface area contributed by atoms with Crippen molar-refractivity contribution in [3.05, 3.63) is 24.3 Å². The Balaban J connectivity index is 1.88. The van der Waals surface area contributed by atoms with Crippen LogP contribution in [0.1, 0.15) is 33.6 Å². The Labute approximate surface area is 148 Å². The van der Waals surface area contributed by atoms with E-state index in [0.29, 0.717) is 6.42 Å². The first-order valence-electron chi connectivity index (χ1n) is 8.51. The number of nitrogens with one attached hydrogen (secondary N) is 1. The van der Waals surface area contributed by atoms with E-state index in [1.165, 1.54) is 4.90 Å². The average Bonchev–Trinajstić information content (AvgIpc) is 2.96. The van der Waals surface area contributed by atoms with Crippen LogP contribution in [-0.2, 0) is 4.79 Å². The quantitative estimate of drug-likeness (QED) is 0.733. The number of aliphatic hydroxyl groups is 1. The van der Waals surface area contributed by atoms with Gasteiger partial charge in [-0.1, -0.05) is 0 Å². The SMILES string of the molecule is CC(C)(C)N(CC(O)CNc1ccc(N2CCCC2=O)cc1)C(=O)O. The van der Waals surface area contributed by atoms with Gasteiger partial charge in [-0.25, -0.2) is 4.79 Å². The van der Waals surface area contributed by atoms with Crippen molar-refractivity contribution in [2.24, 2.45) is 0 Å². The Bertz CT molecular complexity index is 610. The Morgan fingerprint density at radius 2 is 1.96 bits per heavy atom. The highest BCUT2D eigenvalue weighted by Gasteiger charge is 2.28. The number of benzene rings is 1. The lowest BCUT2D eigenvalue weighted by Gasteiger charge is -2.34. The molecular formula is C18H27N3O4. The predicted octanol–water partition coefficient (Wildman–Crippen LogP) is 2.36. The molecule has 0 saturated carbocycles. The number of carboxylic acid groups (broad SMARTS) is 1. The van der Waals surface area contributed by atoms with Gasteiger partial charge in [-0.05, 0) is 51.5 Å². The van der Waals surface area contributed by atoms with E-state index in [2.05, 4.69) is 5.32 Å². The van der Waals surface area contributed by atoms with Crippen LogP contribution in [0.5, 0.6) is 0 Å². The van der Waals surface area contributed by atoms with Crippen molar-refractivity contribution in [3.8, 4) is 0 Å². The zero-order valence-electron chi connectivity index (χ0n) is 15.0. The highest BCUT2D eigenvalue weighted by molar-refractivity contribution is 5.95. The third-order valence-corrected chi connectivity index (χ3v) is 4.23. The third kappa shape index (κ3) is 5.09. The minimum atomic E-state index is -1.05. The lowest BCUT2D eigenvalue weighted by Crippen LogP contribution is -2.49. The molecule has 0 aliphatic carbocycles. The van der Waals surface area contributed by atoms with Gasteiger partial charge in [-0.15, -0.1) is 0 Å². The van der Waals surface area contributed by atoms with Crippen LogP contribution < -0.4 is 10.2 Å². The summed E-state index contributed by atoms with van der Waals surface area (Å²) in [5.74, 6) is 0.145. The van der Waals surface area contributed by atoms with E-state index in [-0.39, 0.29) is 19.0 Å².